The number of aromatic nitrogens is 3. The Hall–Kier alpha value is -3.47. The zero-order chi connectivity index (χ0) is 20.1. The minimum Gasteiger partial charge on any atom is -0.352 e. The summed E-state index contributed by atoms with van der Waals surface area (Å²) in [7, 11) is 0. The molecule has 2 heterocycles. The van der Waals surface area contributed by atoms with E-state index in [9.17, 15) is 4.79 Å². The molecule has 0 aliphatic heterocycles. The molecule has 1 N–H and O–H groups in total. The average molecular weight is 384 g/mol. The molecule has 0 bridgehead atoms. The van der Waals surface area contributed by atoms with Crippen LogP contribution in [0.25, 0.3) is 11.0 Å². The summed E-state index contributed by atoms with van der Waals surface area (Å²) in [4.78, 5) is 21.0. The smallest absolute Gasteiger partial charge is 0.251 e. The number of carbonyl (C=O) groups excluding carboxylic acids is 1. The van der Waals surface area contributed by atoms with Gasteiger partial charge in [-0.2, -0.15) is 0 Å². The minimum absolute atomic E-state index is 0.0708. The van der Waals surface area contributed by atoms with Gasteiger partial charge in [-0.25, -0.2) is 4.98 Å². The standard InChI is InChI=1S/C24H24N4O/c1-18(19-8-3-2-4-9-19)28-22-11-6-5-10-21(22)27-23(28)12-7-15-26-24(29)20-13-16-25-17-14-20/h2-6,8-11,13-14,16-18H,7,12,15H2,1H3,(H,26,29). The number of benzene rings is 2. The molecule has 4 rings (SSSR count). The van der Waals surface area contributed by atoms with Gasteiger partial charge in [0.1, 0.15) is 5.82 Å². The Morgan fingerprint density at radius 1 is 1.00 bits per heavy atom. The number of para-hydroxylation sites is 2. The second kappa shape index (κ2) is 8.69. The number of aryl methyl sites for hydroxylation is 1. The summed E-state index contributed by atoms with van der Waals surface area (Å²) in [6.45, 7) is 2.81. The number of hydrogen-bond acceptors (Lipinski definition) is 3. The molecule has 146 valence electrons. The summed E-state index contributed by atoms with van der Waals surface area (Å²) in [6.07, 6.45) is 4.87. The fourth-order valence-corrected chi connectivity index (χ4v) is 3.64. The van der Waals surface area contributed by atoms with Crippen molar-refractivity contribution in [2.45, 2.75) is 25.8 Å². The van der Waals surface area contributed by atoms with Gasteiger partial charge < -0.3 is 9.88 Å². The summed E-state index contributed by atoms with van der Waals surface area (Å²) >= 11 is 0. The van der Waals surface area contributed by atoms with Gasteiger partial charge in [-0.3, -0.25) is 9.78 Å². The molecule has 1 atom stereocenters. The molecule has 0 radical (unpaired) electrons. The van der Waals surface area contributed by atoms with E-state index >= 15 is 0 Å². The Kier molecular flexibility index (Phi) is 5.66. The Morgan fingerprint density at radius 2 is 1.72 bits per heavy atom. The molecular weight excluding hydrogens is 360 g/mol. The predicted molar refractivity (Wildman–Crippen MR) is 115 cm³/mol. The van der Waals surface area contributed by atoms with Crippen LogP contribution < -0.4 is 5.32 Å². The van der Waals surface area contributed by atoms with Crippen molar-refractivity contribution in [2.24, 2.45) is 0 Å². The number of fused-ring (bicyclic) bond motifs is 1. The van der Waals surface area contributed by atoms with Gasteiger partial charge in [0.2, 0.25) is 0 Å². The maximum absolute atomic E-state index is 12.2. The third kappa shape index (κ3) is 4.19. The van der Waals surface area contributed by atoms with Crippen LogP contribution in [0.5, 0.6) is 0 Å². The number of nitrogens with one attached hydrogen (secondary N) is 1. The summed E-state index contributed by atoms with van der Waals surface area (Å²) < 4.78 is 2.31. The van der Waals surface area contributed by atoms with Gasteiger partial charge in [0, 0.05) is 30.9 Å². The Labute approximate surface area is 170 Å². The van der Waals surface area contributed by atoms with Gasteiger partial charge in [-0.05, 0) is 43.2 Å². The van der Waals surface area contributed by atoms with Crippen molar-refractivity contribution in [3.05, 3.63) is 96.1 Å². The van der Waals surface area contributed by atoms with E-state index in [0.29, 0.717) is 12.1 Å². The van der Waals surface area contributed by atoms with Crippen LogP contribution in [-0.2, 0) is 6.42 Å². The highest BCUT2D eigenvalue weighted by Crippen LogP contribution is 2.26. The first kappa shape index (κ1) is 18.9. The summed E-state index contributed by atoms with van der Waals surface area (Å²) in [5, 5.41) is 2.98. The lowest BCUT2D eigenvalue weighted by atomic mass is 10.1. The fraction of sp³-hybridized carbons (Fsp3) is 0.208. The lowest BCUT2D eigenvalue weighted by Gasteiger charge is -2.18. The topological polar surface area (TPSA) is 59.8 Å². The monoisotopic (exact) mass is 384 g/mol. The van der Waals surface area contributed by atoms with E-state index in [1.807, 2.05) is 12.1 Å². The number of nitrogens with zero attached hydrogens (tertiary/aromatic N) is 3. The van der Waals surface area contributed by atoms with Gasteiger partial charge in [0.05, 0.1) is 17.1 Å². The van der Waals surface area contributed by atoms with Gasteiger partial charge in [-0.1, -0.05) is 42.5 Å². The van der Waals surface area contributed by atoms with Crippen LogP contribution in [0.1, 0.15) is 41.1 Å². The number of rotatable bonds is 7. The first-order chi connectivity index (χ1) is 14.2. The quantitative estimate of drug-likeness (QED) is 0.480. The molecule has 1 amide bonds. The zero-order valence-corrected chi connectivity index (χ0v) is 16.5. The number of imidazole rings is 1. The second-order valence-electron chi connectivity index (χ2n) is 7.07. The minimum atomic E-state index is -0.0708. The number of carbonyl (C=O) groups is 1. The Balaban J connectivity index is 1.49. The van der Waals surface area contributed by atoms with Gasteiger partial charge in [0.25, 0.3) is 5.91 Å². The highest BCUT2D eigenvalue weighted by Gasteiger charge is 2.17. The molecule has 4 aromatic rings. The molecule has 5 nitrogen and oxygen atoms in total. The molecule has 0 spiro atoms. The van der Waals surface area contributed by atoms with Gasteiger partial charge in [-0.15, -0.1) is 0 Å². The van der Waals surface area contributed by atoms with Crippen LogP contribution in [0.2, 0.25) is 0 Å². The van der Waals surface area contributed by atoms with E-state index in [1.165, 1.54) is 5.56 Å². The largest absolute Gasteiger partial charge is 0.352 e. The molecule has 2 aromatic carbocycles. The third-order valence-corrected chi connectivity index (χ3v) is 5.14. The van der Waals surface area contributed by atoms with E-state index < -0.39 is 0 Å². The van der Waals surface area contributed by atoms with Gasteiger partial charge >= 0.3 is 0 Å². The normalized spacial score (nSPS) is 12.0. The molecule has 0 aliphatic carbocycles. The van der Waals surface area contributed by atoms with Crippen LogP contribution in [0.4, 0.5) is 0 Å². The number of amides is 1. The highest BCUT2D eigenvalue weighted by molar-refractivity contribution is 5.93. The van der Waals surface area contributed by atoms with E-state index in [0.717, 1.165) is 29.7 Å². The Bertz CT molecular complexity index is 1090. The van der Waals surface area contributed by atoms with Crippen molar-refractivity contribution < 1.29 is 4.79 Å². The summed E-state index contributed by atoms with van der Waals surface area (Å²) in [5.41, 5.74) is 4.03. The van der Waals surface area contributed by atoms with E-state index in [-0.39, 0.29) is 11.9 Å². The molecule has 1 unspecified atom stereocenters. The van der Waals surface area contributed by atoms with Crippen molar-refractivity contribution in [3.8, 4) is 0 Å². The average Bonchev–Trinajstić information content (AvgIpc) is 3.15. The van der Waals surface area contributed by atoms with Crippen molar-refractivity contribution >= 4 is 16.9 Å². The van der Waals surface area contributed by atoms with Crippen molar-refractivity contribution in [1.82, 2.24) is 19.9 Å². The molecule has 29 heavy (non-hydrogen) atoms. The lowest BCUT2D eigenvalue weighted by Crippen LogP contribution is -2.25. The maximum atomic E-state index is 12.2. The molecular formula is C24H24N4O. The van der Waals surface area contributed by atoms with E-state index in [4.69, 9.17) is 4.98 Å². The van der Waals surface area contributed by atoms with Crippen LogP contribution in [0.3, 0.4) is 0 Å². The van der Waals surface area contributed by atoms with Crippen molar-refractivity contribution in [1.29, 1.82) is 0 Å². The van der Waals surface area contributed by atoms with Crippen LogP contribution in [0, 0.1) is 0 Å². The van der Waals surface area contributed by atoms with Crippen LogP contribution in [-0.4, -0.2) is 27.0 Å². The second-order valence-corrected chi connectivity index (χ2v) is 7.07. The fourth-order valence-electron chi connectivity index (χ4n) is 3.64. The SMILES string of the molecule is CC(c1ccccc1)n1c(CCCNC(=O)c2ccncc2)nc2ccccc21. The summed E-state index contributed by atoms with van der Waals surface area (Å²) in [5.74, 6) is 0.972. The molecule has 0 saturated carbocycles. The third-order valence-electron chi connectivity index (χ3n) is 5.14. The zero-order valence-electron chi connectivity index (χ0n) is 16.5. The Morgan fingerprint density at radius 3 is 2.52 bits per heavy atom. The van der Waals surface area contributed by atoms with Crippen LogP contribution >= 0.6 is 0 Å². The number of pyridine rings is 1. The van der Waals surface area contributed by atoms with Crippen molar-refractivity contribution in [3.63, 3.8) is 0 Å². The molecule has 0 aliphatic rings. The van der Waals surface area contributed by atoms with E-state index in [1.54, 1.807) is 24.5 Å². The summed E-state index contributed by atoms with van der Waals surface area (Å²) in [6, 6.07) is 22.3. The first-order valence-electron chi connectivity index (χ1n) is 9.93. The highest BCUT2D eigenvalue weighted by atomic mass is 16.1. The maximum Gasteiger partial charge on any atom is 0.251 e. The molecule has 0 fully saturated rings. The lowest BCUT2D eigenvalue weighted by molar-refractivity contribution is 0.0953. The number of hydrogen-bond donors (Lipinski definition) is 1. The molecule has 0 saturated heterocycles. The first-order valence-corrected chi connectivity index (χ1v) is 9.93. The van der Waals surface area contributed by atoms with Crippen molar-refractivity contribution in [2.75, 3.05) is 6.54 Å². The predicted octanol–water partition coefficient (Wildman–Crippen LogP) is 4.40. The molecule has 2 aromatic heterocycles. The van der Waals surface area contributed by atoms with Gasteiger partial charge in [0.15, 0.2) is 0 Å². The van der Waals surface area contributed by atoms with E-state index in [2.05, 4.69) is 64.3 Å². The molecule has 5 heteroatoms. The van der Waals surface area contributed by atoms with Crippen LogP contribution in [0.15, 0.2) is 79.1 Å².